The number of carbonyl (C=O) groups is 4. The van der Waals surface area contributed by atoms with E-state index in [2.05, 4.69) is 60.1 Å². The highest BCUT2D eigenvalue weighted by molar-refractivity contribution is 6.19. The summed E-state index contributed by atoms with van der Waals surface area (Å²) in [5, 5.41) is 19.8. The van der Waals surface area contributed by atoms with Gasteiger partial charge in [-0.15, -0.1) is 0 Å². The van der Waals surface area contributed by atoms with Crippen LogP contribution < -0.4 is 0 Å². The van der Waals surface area contributed by atoms with Crippen LogP contribution in [0.15, 0.2) is 142 Å². The van der Waals surface area contributed by atoms with Gasteiger partial charge < -0.3 is 9.80 Å². The summed E-state index contributed by atoms with van der Waals surface area (Å²) in [7, 11) is 0. The van der Waals surface area contributed by atoms with Crippen LogP contribution in [-0.2, 0) is 32.3 Å². The maximum atomic E-state index is 13.7. The van der Waals surface area contributed by atoms with E-state index in [1.165, 1.54) is 177 Å². The molecule has 4 aliphatic rings. The number of benzene rings is 1. The molecular weight excluding hydrogens is 1010 g/mol. The van der Waals surface area contributed by atoms with Crippen molar-refractivity contribution in [2.75, 3.05) is 13.1 Å². The topological polar surface area (TPSA) is 129 Å². The van der Waals surface area contributed by atoms with Crippen molar-refractivity contribution in [3.05, 3.63) is 153 Å². The Bertz CT molecular complexity index is 2410. The SMILES string of the molecule is CCCCCCCCCCCCCCCCCCN1C(=O)C(C#N)=C(C)/C(=C/C=C2C=CN(Cc3ccc(CN4C=CC(=C/C=C5\C(=O)N(CCCCCCCCCCCCCCCCCC)C(=O)C(C#N)=C5C)C=C4)cc3)C=C2)C1=O. The van der Waals surface area contributed by atoms with E-state index in [0.717, 1.165) is 60.8 Å². The van der Waals surface area contributed by atoms with Gasteiger partial charge >= 0.3 is 0 Å². The molecule has 0 fully saturated rings. The molecule has 10 heteroatoms. The second-order valence-electron chi connectivity index (χ2n) is 23.3. The number of carbonyl (C=O) groups excluding carboxylic acids is 4. The molecule has 0 N–H and O–H groups in total. The zero-order chi connectivity index (χ0) is 58.6. The average molecular weight is 1110 g/mol. The molecule has 82 heavy (non-hydrogen) atoms. The Morgan fingerprint density at radius 1 is 0.366 bits per heavy atom. The van der Waals surface area contributed by atoms with Crippen LogP contribution in [0.2, 0.25) is 0 Å². The number of nitriles is 2. The Balaban J connectivity index is 0.998. The fraction of sp³-hybridized carbons (Fsp3) is 0.556. The van der Waals surface area contributed by atoms with Gasteiger partial charge in [-0.05, 0) is 96.6 Å². The number of allylic oxidation sites excluding steroid dienone is 10. The highest BCUT2D eigenvalue weighted by Crippen LogP contribution is 2.29. The Morgan fingerprint density at radius 2 is 0.622 bits per heavy atom. The van der Waals surface area contributed by atoms with Gasteiger partial charge in [-0.2, -0.15) is 10.5 Å². The number of nitrogens with zero attached hydrogens (tertiary/aromatic N) is 6. The van der Waals surface area contributed by atoms with Crippen LogP contribution in [-0.4, -0.2) is 56.3 Å². The van der Waals surface area contributed by atoms with Crippen LogP contribution >= 0.6 is 0 Å². The van der Waals surface area contributed by atoms with Crippen molar-refractivity contribution in [2.24, 2.45) is 0 Å². The van der Waals surface area contributed by atoms with Crippen molar-refractivity contribution < 1.29 is 19.2 Å². The van der Waals surface area contributed by atoms with E-state index in [0.29, 0.717) is 48.5 Å². The number of imide groups is 2. The molecule has 4 amide bonds. The van der Waals surface area contributed by atoms with Gasteiger partial charge in [-0.25, -0.2) is 0 Å². The molecule has 0 atom stereocenters. The highest BCUT2D eigenvalue weighted by atomic mass is 16.2. The number of unbranched alkanes of at least 4 members (excludes halogenated alkanes) is 30. The normalized spacial score (nSPS) is 16.5. The molecule has 5 rings (SSSR count). The van der Waals surface area contributed by atoms with Crippen molar-refractivity contribution >= 4 is 23.6 Å². The first-order valence-corrected chi connectivity index (χ1v) is 32.2. The van der Waals surface area contributed by atoms with Crippen LogP contribution in [0.4, 0.5) is 0 Å². The summed E-state index contributed by atoms with van der Waals surface area (Å²) >= 11 is 0. The Morgan fingerprint density at radius 3 is 0.878 bits per heavy atom. The molecule has 0 aromatic heterocycles. The lowest BCUT2D eigenvalue weighted by Crippen LogP contribution is -2.43. The lowest BCUT2D eigenvalue weighted by Gasteiger charge is -2.27. The number of hydrogen-bond donors (Lipinski definition) is 0. The van der Waals surface area contributed by atoms with Crippen molar-refractivity contribution in [3.8, 4) is 12.1 Å². The molecule has 1 aromatic rings. The monoisotopic (exact) mass is 1110 g/mol. The third kappa shape index (κ3) is 23.0. The highest BCUT2D eigenvalue weighted by Gasteiger charge is 2.36. The van der Waals surface area contributed by atoms with E-state index < -0.39 is 11.8 Å². The fourth-order valence-electron chi connectivity index (χ4n) is 11.3. The summed E-state index contributed by atoms with van der Waals surface area (Å²) in [4.78, 5) is 60.5. The Hall–Kier alpha value is -6.52. The molecule has 0 radical (unpaired) electrons. The minimum atomic E-state index is -0.489. The van der Waals surface area contributed by atoms with E-state index in [1.807, 2.05) is 61.3 Å². The molecule has 0 aliphatic carbocycles. The predicted molar refractivity (Wildman–Crippen MR) is 336 cm³/mol. The molecule has 10 nitrogen and oxygen atoms in total. The molecule has 4 heterocycles. The number of hydrogen-bond acceptors (Lipinski definition) is 8. The van der Waals surface area contributed by atoms with Gasteiger partial charge in [0.15, 0.2) is 0 Å². The molecule has 0 spiro atoms. The largest absolute Gasteiger partial charge is 0.350 e. The first kappa shape index (κ1) is 66.3. The summed E-state index contributed by atoms with van der Waals surface area (Å²) < 4.78 is 0. The summed E-state index contributed by atoms with van der Waals surface area (Å²) in [6, 6.07) is 12.7. The molecule has 4 aliphatic heterocycles. The molecule has 0 saturated carbocycles. The van der Waals surface area contributed by atoms with E-state index in [1.54, 1.807) is 26.0 Å². The summed E-state index contributed by atoms with van der Waals surface area (Å²) in [6.45, 7) is 9.90. The average Bonchev–Trinajstić information content (AvgIpc) is 3.56. The molecular formula is C72H100N6O4. The van der Waals surface area contributed by atoms with E-state index in [9.17, 15) is 29.7 Å². The van der Waals surface area contributed by atoms with Crippen LogP contribution in [0.1, 0.15) is 244 Å². The van der Waals surface area contributed by atoms with Gasteiger partial charge in [0.25, 0.3) is 23.6 Å². The number of amides is 4. The first-order valence-electron chi connectivity index (χ1n) is 32.2. The van der Waals surface area contributed by atoms with Crippen molar-refractivity contribution in [2.45, 2.75) is 246 Å². The Labute approximate surface area is 495 Å². The maximum absolute atomic E-state index is 13.7. The van der Waals surface area contributed by atoms with E-state index in [-0.39, 0.29) is 23.0 Å². The van der Waals surface area contributed by atoms with Crippen molar-refractivity contribution in [1.82, 2.24) is 19.6 Å². The smallest absolute Gasteiger partial charge is 0.271 e. The molecule has 1 aromatic carbocycles. The predicted octanol–water partition coefficient (Wildman–Crippen LogP) is 18.0. The quantitative estimate of drug-likeness (QED) is 0.0361. The van der Waals surface area contributed by atoms with Gasteiger partial charge in [0.2, 0.25) is 0 Å². The van der Waals surface area contributed by atoms with Crippen molar-refractivity contribution in [1.29, 1.82) is 10.5 Å². The zero-order valence-electron chi connectivity index (χ0n) is 51.0. The summed E-state index contributed by atoms with van der Waals surface area (Å²) in [6.07, 6.45) is 63.3. The number of rotatable bonds is 40. The molecule has 0 bridgehead atoms. The van der Waals surface area contributed by atoms with Crippen LogP contribution in [0, 0.1) is 22.7 Å². The summed E-state index contributed by atoms with van der Waals surface area (Å²) in [5.41, 5.74) is 5.78. The Kier molecular flexibility index (Phi) is 31.6. The van der Waals surface area contributed by atoms with Crippen LogP contribution in [0.25, 0.3) is 0 Å². The van der Waals surface area contributed by atoms with E-state index in [4.69, 9.17) is 0 Å². The first-order chi connectivity index (χ1) is 40.1. The molecule has 0 unspecified atom stereocenters. The van der Waals surface area contributed by atoms with Gasteiger partial charge in [0, 0.05) is 62.1 Å². The second kappa shape index (κ2) is 39.0. The minimum Gasteiger partial charge on any atom is -0.350 e. The fourth-order valence-corrected chi connectivity index (χ4v) is 11.3. The van der Waals surface area contributed by atoms with Crippen molar-refractivity contribution in [3.63, 3.8) is 0 Å². The summed E-state index contributed by atoms with van der Waals surface area (Å²) in [5.74, 6) is -1.65. The zero-order valence-corrected chi connectivity index (χ0v) is 51.0. The van der Waals surface area contributed by atoms with Crippen LogP contribution in [0.3, 0.4) is 0 Å². The third-order valence-electron chi connectivity index (χ3n) is 16.6. The maximum Gasteiger partial charge on any atom is 0.271 e. The van der Waals surface area contributed by atoms with E-state index >= 15 is 0 Å². The van der Waals surface area contributed by atoms with Gasteiger partial charge in [-0.1, -0.05) is 243 Å². The minimum absolute atomic E-state index is 0.0361. The second-order valence-corrected chi connectivity index (χ2v) is 23.3. The third-order valence-corrected chi connectivity index (χ3v) is 16.6. The van der Waals surface area contributed by atoms with Gasteiger partial charge in [-0.3, -0.25) is 29.0 Å². The standard InChI is InChI=1S/C72H100N6O4/c1-5-7-9-11-13-15-17-19-21-23-25-27-29-31-33-35-49-77-69(79)65(59(3)67(55-73)71(77)81)43-41-61-45-51-75(52-46-61)57-63-37-39-64(40-38-63)58-76-53-47-62(48-54-76)42-44-66-60(4)68(56-74)72(82)78(70(66)80)50-36-34-32-30-28-26-24-22-20-18-16-14-12-10-8-6-2/h37-48,51-54H,5-36,49-50,57-58H2,1-4H3/b65-43-,66-44-. The molecule has 0 saturated heterocycles. The lowest BCUT2D eigenvalue weighted by molar-refractivity contribution is -0.142. The molecule has 442 valence electrons. The van der Waals surface area contributed by atoms with Gasteiger partial charge in [0.1, 0.15) is 23.3 Å². The van der Waals surface area contributed by atoms with Gasteiger partial charge in [0.05, 0.1) is 0 Å². The lowest BCUT2D eigenvalue weighted by atomic mass is 9.94. The van der Waals surface area contributed by atoms with Crippen LogP contribution in [0.5, 0.6) is 0 Å².